The molecule has 1 unspecified atom stereocenters. The van der Waals surface area contributed by atoms with E-state index >= 15 is 0 Å². The molecule has 3 heteroatoms. The molecule has 0 saturated heterocycles. The summed E-state index contributed by atoms with van der Waals surface area (Å²) in [6.07, 6.45) is 6.11. The van der Waals surface area contributed by atoms with Crippen LogP contribution in [0.2, 0.25) is 0 Å². The Balaban J connectivity index is 2.26. The Bertz CT molecular complexity index is 346. The van der Waals surface area contributed by atoms with Gasteiger partial charge in [-0.05, 0) is 32.4 Å². The fraction of sp³-hybridized carbons (Fsp3) is 0.643. The number of nitrogens with one attached hydrogen (secondary N) is 1. The van der Waals surface area contributed by atoms with Crippen molar-refractivity contribution in [2.75, 3.05) is 0 Å². The van der Waals surface area contributed by atoms with E-state index in [1.54, 1.807) is 11.3 Å². The Morgan fingerprint density at radius 2 is 2.12 bits per heavy atom. The van der Waals surface area contributed by atoms with Crippen LogP contribution in [0.1, 0.15) is 60.5 Å². The molecule has 0 aliphatic heterocycles. The Hall–Kier alpha value is -0.830. The summed E-state index contributed by atoms with van der Waals surface area (Å²) in [4.78, 5) is 13.9. The molecule has 17 heavy (non-hydrogen) atoms. The SMILES string of the molecule is CCCCCCC(C)NC(=O)c1ccc(C)s1. The normalized spacial score (nSPS) is 12.4. The number of unbranched alkanes of at least 4 members (excludes halogenated alkanes) is 3. The van der Waals surface area contributed by atoms with Crippen LogP contribution < -0.4 is 5.32 Å². The molecule has 0 aliphatic carbocycles. The number of carbonyl (C=O) groups is 1. The van der Waals surface area contributed by atoms with Crippen LogP contribution in [0.4, 0.5) is 0 Å². The molecule has 2 nitrogen and oxygen atoms in total. The van der Waals surface area contributed by atoms with Crippen molar-refractivity contribution in [1.29, 1.82) is 0 Å². The van der Waals surface area contributed by atoms with Gasteiger partial charge in [0, 0.05) is 10.9 Å². The molecule has 0 bridgehead atoms. The van der Waals surface area contributed by atoms with Crippen molar-refractivity contribution in [3.8, 4) is 0 Å². The van der Waals surface area contributed by atoms with Gasteiger partial charge in [-0.25, -0.2) is 0 Å². The summed E-state index contributed by atoms with van der Waals surface area (Å²) >= 11 is 1.56. The Morgan fingerprint density at radius 1 is 1.35 bits per heavy atom. The molecule has 1 atom stereocenters. The predicted octanol–water partition coefficient (Wildman–Crippen LogP) is 4.15. The van der Waals surface area contributed by atoms with E-state index in [0.717, 1.165) is 11.3 Å². The van der Waals surface area contributed by atoms with Gasteiger partial charge in [0.1, 0.15) is 0 Å². The van der Waals surface area contributed by atoms with Gasteiger partial charge in [0.15, 0.2) is 0 Å². The molecule has 0 radical (unpaired) electrons. The number of amides is 1. The van der Waals surface area contributed by atoms with E-state index in [0.29, 0.717) is 0 Å². The van der Waals surface area contributed by atoms with Gasteiger partial charge in [0.25, 0.3) is 5.91 Å². The van der Waals surface area contributed by atoms with Crippen LogP contribution in [0.5, 0.6) is 0 Å². The molecule has 0 spiro atoms. The van der Waals surface area contributed by atoms with Crippen LogP contribution in [0.25, 0.3) is 0 Å². The van der Waals surface area contributed by atoms with Crippen LogP contribution >= 0.6 is 11.3 Å². The molecule has 1 N–H and O–H groups in total. The molecule has 0 aromatic carbocycles. The summed E-state index contributed by atoms with van der Waals surface area (Å²) < 4.78 is 0. The fourth-order valence-corrected chi connectivity index (χ4v) is 2.57. The van der Waals surface area contributed by atoms with E-state index < -0.39 is 0 Å². The van der Waals surface area contributed by atoms with Crippen molar-refractivity contribution in [3.05, 3.63) is 21.9 Å². The van der Waals surface area contributed by atoms with Gasteiger partial charge in [-0.1, -0.05) is 32.6 Å². The van der Waals surface area contributed by atoms with Crippen molar-refractivity contribution in [2.24, 2.45) is 0 Å². The highest BCUT2D eigenvalue weighted by molar-refractivity contribution is 7.13. The highest BCUT2D eigenvalue weighted by atomic mass is 32.1. The molecule has 1 amide bonds. The summed E-state index contributed by atoms with van der Waals surface area (Å²) in [5.41, 5.74) is 0. The second-order valence-corrected chi connectivity index (χ2v) is 5.92. The molecular weight excluding hydrogens is 230 g/mol. The number of aryl methyl sites for hydroxylation is 1. The van der Waals surface area contributed by atoms with Gasteiger partial charge >= 0.3 is 0 Å². The zero-order valence-electron chi connectivity index (χ0n) is 11.1. The molecular formula is C14H23NOS. The second kappa shape index (κ2) is 7.49. The third-order valence-electron chi connectivity index (χ3n) is 2.83. The Morgan fingerprint density at radius 3 is 2.71 bits per heavy atom. The largest absolute Gasteiger partial charge is 0.349 e. The minimum atomic E-state index is 0.0751. The van der Waals surface area contributed by atoms with Crippen LogP contribution in [-0.4, -0.2) is 11.9 Å². The summed E-state index contributed by atoms with van der Waals surface area (Å²) in [5, 5.41) is 3.06. The third kappa shape index (κ3) is 5.35. The number of rotatable bonds is 7. The molecule has 0 saturated carbocycles. The molecule has 0 fully saturated rings. The second-order valence-electron chi connectivity index (χ2n) is 4.63. The highest BCUT2D eigenvalue weighted by Crippen LogP contribution is 2.15. The number of hydrogen-bond donors (Lipinski definition) is 1. The smallest absolute Gasteiger partial charge is 0.261 e. The van der Waals surface area contributed by atoms with E-state index in [1.807, 2.05) is 19.1 Å². The lowest BCUT2D eigenvalue weighted by molar-refractivity contribution is 0.0942. The number of hydrogen-bond acceptors (Lipinski definition) is 2. The van der Waals surface area contributed by atoms with Gasteiger partial charge in [-0.2, -0.15) is 0 Å². The maximum absolute atomic E-state index is 11.9. The van der Waals surface area contributed by atoms with Crippen molar-refractivity contribution in [3.63, 3.8) is 0 Å². The third-order valence-corrected chi connectivity index (χ3v) is 3.83. The first-order valence-corrected chi connectivity index (χ1v) is 7.32. The van der Waals surface area contributed by atoms with E-state index in [9.17, 15) is 4.79 Å². The molecule has 1 aromatic rings. The van der Waals surface area contributed by atoms with Gasteiger partial charge in [-0.15, -0.1) is 11.3 Å². The summed E-state index contributed by atoms with van der Waals surface area (Å²) in [6.45, 7) is 6.32. The van der Waals surface area contributed by atoms with Gasteiger partial charge in [-0.3, -0.25) is 4.79 Å². The van der Waals surface area contributed by atoms with Gasteiger partial charge < -0.3 is 5.32 Å². The van der Waals surface area contributed by atoms with Crippen LogP contribution in [0.15, 0.2) is 12.1 Å². The van der Waals surface area contributed by atoms with Crippen molar-refractivity contribution < 1.29 is 4.79 Å². The lowest BCUT2D eigenvalue weighted by Crippen LogP contribution is -2.31. The summed E-state index contributed by atoms with van der Waals surface area (Å²) in [5.74, 6) is 0.0751. The topological polar surface area (TPSA) is 29.1 Å². The first-order chi connectivity index (χ1) is 8.13. The van der Waals surface area contributed by atoms with Crippen molar-refractivity contribution >= 4 is 17.2 Å². The maximum Gasteiger partial charge on any atom is 0.261 e. The standard InChI is InChI=1S/C14H23NOS/c1-4-5-6-7-8-11(2)15-14(16)13-10-9-12(3)17-13/h9-11H,4-8H2,1-3H3,(H,15,16). The lowest BCUT2D eigenvalue weighted by Gasteiger charge is -2.12. The quantitative estimate of drug-likeness (QED) is 0.727. The predicted molar refractivity (Wildman–Crippen MR) is 74.7 cm³/mol. The van der Waals surface area contributed by atoms with Crippen molar-refractivity contribution in [1.82, 2.24) is 5.32 Å². The average Bonchev–Trinajstić information content (AvgIpc) is 2.71. The minimum absolute atomic E-state index is 0.0751. The van der Waals surface area contributed by atoms with E-state index in [4.69, 9.17) is 0 Å². The van der Waals surface area contributed by atoms with E-state index in [2.05, 4.69) is 19.2 Å². The van der Waals surface area contributed by atoms with E-state index in [1.165, 1.54) is 30.6 Å². The van der Waals surface area contributed by atoms with Crippen LogP contribution in [-0.2, 0) is 0 Å². The van der Waals surface area contributed by atoms with Crippen LogP contribution in [0.3, 0.4) is 0 Å². The first-order valence-electron chi connectivity index (χ1n) is 6.50. The van der Waals surface area contributed by atoms with E-state index in [-0.39, 0.29) is 11.9 Å². The zero-order valence-corrected chi connectivity index (χ0v) is 11.9. The summed E-state index contributed by atoms with van der Waals surface area (Å²) in [6, 6.07) is 4.17. The van der Waals surface area contributed by atoms with Crippen molar-refractivity contribution in [2.45, 2.75) is 58.9 Å². The molecule has 96 valence electrons. The lowest BCUT2D eigenvalue weighted by atomic mass is 10.1. The van der Waals surface area contributed by atoms with Gasteiger partial charge in [0.2, 0.25) is 0 Å². The molecule has 1 rings (SSSR count). The minimum Gasteiger partial charge on any atom is -0.349 e. The Labute approximate surface area is 108 Å². The number of thiophene rings is 1. The molecule has 0 aliphatic rings. The average molecular weight is 253 g/mol. The maximum atomic E-state index is 11.9. The monoisotopic (exact) mass is 253 g/mol. The molecule has 1 heterocycles. The number of carbonyl (C=O) groups excluding carboxylic acids is 1. The Kier molecular flexibility index (Phi) is 6.27. The first kappa shape index (κ1) is 14.2. The highest BCUT2D eigenvalue weighted by Gasteiger charge is 2.10. The summed E-state index contributed by atoms with van der Waals surface area (Å²) in [7, 11) is 0. The molecule has 1 aromatic heterocycles. The zero-order chi connectivity index (χ0) is 12.7. The van der Waals surface area contributed by atoms with Gasteiger partial charge in [0.05, 0.1) is 4.88 Å². The fourth-order valence-electron chi connectivity index (χ4n) is 1.80. The van der Waals surface area contributed by atoms with Crippen LogP contribution in [0, 0.1) is 6.92 Å².